The molecule has 0 amide bonds. The predicted molar refractivity (Wildman–Crippen MR) is 139 cm³/mol. The second-order valence-corrected chi connectivity index (χ2v) is 9.30. The number of nitrogens with two attached hydrogens (primary N) is 1. The number of nitrogens with zero attached hydrogens (tertiary/aromatic N) is 4. The van der Waals surface area contributed by atoms with Crippen LogP contribution in [0.1, 0.15) is 46.6 Å². The molecular formula is C28H28FN5O2. The van der Waals surface area contributed by atoms with Crippen molar-refractivity contribution in [2.75, 3.05) is 18.8 Å². The molecule has 0 saturated carbocycles. The molecule has 7 nitrogen and oxygen atoms in total. The van der Waals surface area contributed by atoms with Crippen molar-refractivity contribution in [3.63, 3.8) is 0 Å². The summed E-state index contributed by atoms with van der Waals surface area (Å²) in [6, 6.07) is 10.7. The van der Waals surface area contributed by atoms with Gasteiger partial charge in [-0.1, -0.05) is 6.08 Å². The van der Waals surface area contributed by atoms with Crippen molar-refractivity contribution >= 4 is 28.4 Å². The molecule has 0 aliphatic carbocycles. The maximum atomic E-state index is 14.8. The summed E-state index contributed by atoms with van der Waals surface area (Å²) in [7, 11) is 2.03. The van der Waals surface area contributed by atoms with Gasteiger partial charge in [-0.15, -0.1) is 0 Å². The number of hydrogen-bond donors (Lipinski definition) is 2. The van der Waals surface area contributed by atoms with Crippen molar-refractivity contribution in [2.45, 2.75) is 26.3 Å². The van der Waals surface area contributed by atoms with Crippen LogP contribution >= 0.6 is 0 Å². The average molecular weight is 486 g/mol. The summed E-state index contributed by atoms with van der Waals surface area (Å²) >= 11 is 0. The Labute approximate surface area is 208 Å². The normalized spacial score (nSPS) is 15.2. The largest absolute Gasteiger partial charge is 0.478 e. The number of rotatable bonds is 5. The Bertz CT molecular complexity index is 1480. The zero-order valence-electron chi connectivity index (χ0n) is 20.5. The number of benzene rings is 1. The fourth-order valence-corrected chi connectivity index (χ4v) is 5.18. The third-order valence-electron chi connectivity index (χ3n) is 7.14. The number of pyridine rings is 2. The maximum absolute atomic E-state index is 14.8. The second-order valence-electron chi connectivity index (χ2n) is 9.30. The van der Waals surface area contributed by atoms with Crippen LogP contribution in [0, 0.1) is 12.7 Å². The molecule has 4 heterocycles. The van der Waals surface area contributed by atoms with Crippen LogP contribution in [0.4, 0.5) is 10.2 Å². The first-order valence-corrected chi connectivity index (χ1v) is 11.9. The van der Waals surface area contributed by atoms with Crippen molar-refractivity contribution in [2.24, 2.45) is 7.05 Å². The molecule has 1 aliphatic heterocycles. The van der Waals surface area contributed by atoms with Crippen molar-refractivity contribution in [1.82, 2.24) is 19.4 Å². The molecular weight excluding hydrogens is 457 g/mol. The fraction of sp³-hybridized carbons (Fsp3) is 0.250. The van der Waals surface area contributed by atoms with E-state index in [1.165, 1.54) is 6.07 Å². The van der Waals surface area contributed by atoms with E-state index in [1.807, 2.05) is 25.4 Å². The van der Waals surface area contributed by atoms with Gasteiger partial charge in [-0.2, -0.15) is 0 Å². The maximum Gasteiger partial charge on any atom is 0.335 e. The van der Waals surface area contributed by atoms with Crippen LogP contribution in [0.15, 0.2) is 54.9 Å². The van der Waals surface area contributed by atoms with E-state index >= 15 is 0 Å². The Morgan fingerprint density at radius 1 is 1.19 bits per heavy atom. The van der Waals surface area contributed by atoms with Crippen LogP contribution in [0.25, 0.3) is 27.7 Å². The van der Waals surface area contributed by atoms with Gasteiger partial charge >= 0.3 is 5.97 Å². The molecule has 36 heavy (non-hydrogen) atoms. The van der Waals surface area contributed by atoms with E-state index in [2.05, 4.69) is 38.5 Å². The highest BCUT2D eigenvalue weighted by molar-refractivity contribution is 5.94. The van der Waals surface area contributed by atoms with Gasteiger partial charge in [-0.3, -0.25) is 4.90 Å². The van der Waals surface area contributed by atoms with Gasteiger partial charge < -0.3 is 15.4 Å². The molecule has 184 valence electrons. The lowest BCUT2D eigenvalue weighted by molar-refractivity contribution is 0.0696. The topological polar surface area (TPSA) is 97.3 Å². The summed E-state index contributed by atoms with van der Waals surface area (Å²) in [5, 5.41) is 10.3. The number of carboxylic acid groups (broad SMARTS) is 1. The van der Waals surface area contributed by atoms with E-state index in [-0.39, 0.29) is 11.6 Å². The van der Waals surface area contributed by atoms with Crippen LogP contribution in [0.2, 0.25) is 0 Å². The monoisotopic (exact) mass is 485 g/mol. The number of halogens is 1. The van der Waals surface area contributed by atoms with Crippen LogP contribution in [0.5, 0.6) is 0 Å². The standard InChI is InChI=1S/C28H28FN5O2/c1-16-12-20(28(35)36)13-23(29)26(16)18-7-10-34(11-8-18)17(2)24-14-22-21(6-9-31-27(22)33(24)3)19-4-5-25(30)32-15-19/h4-7,9,12-15,17H,8,10-11H2,1-3H3,(H2,30,32)(H,35,36)/t17-/m0/s1. The minimum atomic E-state index is -1.12. The Hall–Kier alpha value is -4.04. The van der Waals surface area contributed by atoms with E-state index < -0.39 is 11.8 Å². The molecule has 1 aromatic carbocycles. The molecule has 1 aliphatic rings. The van der Waals surface area contributed by atoms with Gasteiger partial charge in [0.25, 0.3) is 0 Å². The molecule has 4 aromatic rings. The predicted octanol–water partition coefficient (Wildman–Crippen LogP) is 5.21. The van der Waals surface area contributed by atoms with E-state index in [1.54, 1.807) is 19.2 Å². The van der Waals surface area contributed by atoms with Gasteiger partial charge in [-0.25, -0.2) is 19.2 Å². The third kappa shape index (κ3) is 4.13. The minimum Gasteiger partial charge on any atom is -0.478 e. The Balaban J connectivity index is 1.43. The van der Waals surface area contributed by atoms with Gasteiger partial charge in [0.05, 0.1) is 5.56 Å². The molecule has 0 unspecified atom stereocenters. The van der Waals surface area contributed by atoms with Gasteiger partial charge in [-0.05, 0) is 73.4 Å². The van der Waals surface area contributed by atoms with Crippen LogP contribution in [0.3, 0.4) is 0 Å². The lowest BCUT2D eigenvalue weighted by Gasteiger charge is -2.32. The highest BCUT2D eigenvalue weighted by Crippen LogP contribution is 2.35. The summed E-state index contributed by atoms with van der Waals surface area (Å²) < 4.78 is 16.9. The van der Waals surface area contributed by atoms with Crippen molar-refractivity contribution in [1.29, 1.82) is 0 Å². The SMILES string of the molecule is Cc1cc(C(=O)O)cc(F)c1C1=CCN([C@@H](C)c2cc3c(-c4ccc(N)nc4)ccnc3n2C)CC1. The van der Waals surface area contributed by atoms with Crippen molar-refractivity contribution in [3.8, 4) is 11.1 Å². The summed E-state index contributed by atoms with van der Waals surface area (Å²) in [6.07, 6.45) is 6.32. The molecule has 3 aromatic heterocycles. The van der Waals surface area contributed by atoms with E-state index in [9.17, 15) is 14.3 Å². The second kappa shape index (κ2) is 9.20. The molecule has 5 rings (SSSR count). The zero-order chi connectivity index (χ0) is 25.6. The van der Waals surface area contributed by atoms with E-state index in [0.717, 1.165) is 46.0 Å². The molecule has 0 radical (unpaired) electrons. The summed E-state index contributed by atoms with van der Waals surface area (Å²) in [5.74, 6) is -1.12. The quantitative estimate of drug-likeness (QED) is 0.403. The van der Waals surface area contributed by atoms with Crippen LogP contribution in [-0.4, -0.2) is 43.6 Å². The smallest absolute Gasteiger partial charge is 0.335 e. The Morgan fingerprint density at radius 3 is 2.64 bits per heavy atom. The molecule has 8 heteroatoms. The summed E-state index contributed by atoms with van der Waals surface area (Å²) in [4.78, 5) is 22.5. The van der Waals surface area contributed by atoms with Crippen molar-refractivity contribution < 1.29 is 14.3 Å². The number of aryl methyl sites for hydroxylation is 2. The first-order valence-electron chi connectivity index (χ1n) is 11.9. The lowest BCUT2D eigenvalue weighted by Crippen LogP contribution is -2.32. The van der Waals surface area contributed by atoms with Crippen LogP contribution < -0.4 is 5.73 Å². The minimum absolute atomic E-state index is 0.0288. The van der Waals surface area contributed by atoms with Gasteiger partial charge in [0.15, 0.2) is 0 Å². The number of carboxylic acids is 1. The highest BCUT2D eigenvalue weighted by Gasteiger charge is 2.25. The van der Waals surface area contributed by atoms with E-state index in [4.69, 9.17) is 5.73 Å². The number of anilines is 1. The first kappa shape index (κ1) is 23.7. The highest BCUT2D eigenvalue weighted by atomic mass is 19.1. The average Bonchev–Trinajstić information content (AvgIpc) is 3.20. The number of hydrogen-bond acceptors (Lipinski definition) is 5. The molecule has 0 fully saturated rings. The summed E-state index contributed by atoms with van der Waals surface area (Å²) in [5.41, 5.74) is 11.9. The number of carbonyl (C=O) groups is 1. The Kier molecular flexibility index (Phi) is 6.05. The fourth-order valence-electron chi connectivity index (χ4n) is 5.18. The summed E-state index contributed by atoms with van der Waals surface area (Å²) in [6.45, 7) is 5.36. The number of fused-ring (bicyclic) bond motifs is 1. The Morgan fingerprint density at radius 2 is 2.00 bits per heavy atom. The zero-order valence-corrected chi connectivity index (χ0v) is 20.5. The number of aromatic nitrogens is 3. The molecule has 0 bridgehead atoms. The van der Waals surface area contributed by atoms with Gasteiger partial charge in [0.1, 0.15) is 17.3 Å². The number of aromatic carboxylic acids is 1. The molecule has 1 atom stereocenters. The van der Waals surface area contributed by atoms with Crippen molar-refractivity contribution in [3.05, 3.63) is 83.1 Å². The van der Waals surface area contributed by atoms with Gasteiger partial charge in [0, 0.05) is 60.8 Å². The molecule has 0 spiro atoms. The van der Waals surface area contributed by atoms with Crippen LogP contribution in [-0.2, 0) is 7.05 Å². The molecule has 0 saturated heterocycles. The molecule has 3 N–H and O–H groups in total. The third-order valence-corrected chi connectivity index (χ3v) is 7.14. The van der Waals surface area contributed by atoms with E-state index in [0.29, 0.717) is 29.9 Å². The lowest BCUT2D eigenvalue weighted by atomic mass is 9.93. The number of nitrogen functional groups attached to an aromatic ring is 1. The van der Waals surface area contributed by atoms with Gasteiger partial charge in [0.2, 0.25) is 0 Å². The first-order chi connectivity index (χ1) is 17.2.